The van der Waals surface area contributed by atoms with E-state index in [1.54, 1.807) is 19.3 Å². The van der Waals surface area contributed by atoms with Gasteiger partial charge in [0.25, 0.3) is 5.91 Å². The van der Waals surface area contributed by atoms with E-state index in [1.807, 2.05) is 43.3 Å². The highest BCUT2D eigenvalue weighted by Crippen LogP contribution is 2.23. The molecule has 1 aromatic carbocycles. The molecular formula is C18H18N2O3. The molecule has 2 aromatic heterocycles. The molecule has 5 nitrogen and oxygen atoms in total. The lowest BCUT2D eigenvalue weighted by molar-refractivity contribution is 0.0908. The zero-order chi connectivity index (χ0) is 16.2. The van der Waals surface area contributed by atoms with E-state index in [0.717, 1.165) is 5.56 Å². The van der Waals surface area contributed by atoms with Crippen LogP contribution in [0.3, 0.4) is 0 Å². The van der Waals surface area contributed by atoms with Gasteiger partial charge >= 0.3 is 0 Å². The van der Waals surface area contributed by atoms with Gasteiger partial charge in [0.15, 0.2) is 5.89 Å². The first-order valence-corrected chi connectivity index (χ1v) is 7.54. The molecule has 5 heteroatoms. The highest BCUT2D eigenvalue weighted by Gasteiger charge is 2.23. The van der Waals surface area contributed by atoms with Crippen molar-refractivity contribution in [3.63, 3.8) is 0 Å². The molecule has 1 unspecified atom stereocenters. The Morgan fingerprint density at radius 1 is 1.22 bits per heavy atom. The van der Waals surface area contributed by atoms with Crippen LogP contribution in [0.15, 0.2) is 57.6 Å². The third-order valence-corrected chi connectivity index (χ3v) is 3.59. The largest absolute Gasteiger partial charge is 0.467 e. The van der Waals surface area contributed by atoms with E-state index in [1.165, 1.54) is 0 Å². The normalized spacial score (nSPS) is 12.1. The summed E-state index contributed by atoms with van der Waals surface area (Å²) in [6.07, 6.45) is 2.24. The second-order valence-electron chi connectivity index (χ2n) is 5.21. The van der Waals surface area contributed by atoms with Crippen molar-refractivity contribution >= 4 is 5.91 Å². The molecule has 23 heavy (non-hydrogen) atoms. The van der Waals surface area contributed by atoms with E-state index in [4.69, 9.17) is 8.83 Å². The monoisotopic (exact) mass is 310 g/mol. The van der Waals surface area contributed by atoms with Crippen LogP contribution in [-0.2, 0) is 6.42 Å². The zero-order valence-electron chi connectivity index (χ0n) is 13.1. The van der Waals surface area contributed by atoms with Crippen LogP contribution in [0.4, 0.5) is 0 Å². The Labute approximate surface area is 134 Å². The number of furan rings is 1. The Hall–Kier alpha value is -2.82. The first kappa shape index (κ1) is 15.1. The number of aryl methyl sites for hydroxylation is 2. The fourth-order valence-electron chi connectivity index (χ4n) is 2.43. The smallest absolute Gasteiger partial charge is 0.289 e. The predicted molar refractivity (Wildman–Crippen MR) is 85.1 cm³/mol. The average molecular weight is 310 g/mol. The van der Waals surface area contributed by atoms with Gasteiger partial charge in [0, 0.05) is 6.42 Å². The van der Waals surface area contributed by atoms with Gasteiger partial charge in [0.05, 0.1) is 12.0 Å². The number of hydrogen-bond acceptors (Lipinski definition) is 4. The molecule has 2 heterocycles. The Balaban J connectivity index is 1.89. The number of aromatic nitrogens is 1. The highest BCUT2D eigenvalue weighted by atomic mass is 16.4. The molecule has 0 aliphatic carbocycles. The molecule has 118 valence electrons. The third kappa shape index (κ3) is 3.18. The van der Waals surface area contributed by atoms with Gasteiger partial charge in [-0.2, -0.15) is 0 Å². The van der Waals surface area contributed by atoms with Crippen molar-refractivity contribution in [1.82, 2.24) is 10.3 Å². The maximum Gasteiger partial charge on any atom is 0.289 e. The van der Waals surface area contributed by atoms with Gasteiger partial charge in [-0.3, -0.25) is 4.79 Å². The van der Waals surface area contributed by atoms with Crippen LogP contribution in [0.25, 0.3) is 0 Å². The van der Waals surface area contributed by atoms with Crippen LogP contribution < -0.4 is 5.32 Å². The summed E-state index contributed by atoms with van der Waals surface area (Å²) in [4.78, 5) is 16.8. The van der Waals surface area contributed by atoms with Gasteiger partial charge < -0.3 is 14.2 Å². The van der Waals surface area contributed by atoms with Crippen molar-refractivity contribution in [1.29, 1.82) is 0 Å². The first-order valence-electron chi connectivity index (χ1n) is 7.54. The fraction of sp³-hybridized carbons (Fsp3) is 0.222. The van der Waals surface area contributed by atoms with E-state index in [0.29, 0.717) is 23.8 Å². The second-order valence-corrected chi connectivity index (χ2v) is 5.21. The number of carbonyl (C=O) groups excluding carboxylic acids is 1. The van der Waals surface area contributed by atoms with Crippen molar-refractivity contribution in [2.75, 3.05) is 0 Å². The maximum absolute atomic E-state index is 12.6. The quantitative estimate of drug-likeness (QED) is 0.781. The summed E-state index contributed by atoms with van der Waals surface area (Å²) in [5, 5.41) is 2.96. The number of hydrogen-bond donors (Lipinski definition) is 1. The molecule has 0 aliphatic heterocycles. The predicted octanol–water partition coefficient (Wildman–Crippen LogP) is 3.66. The Kier molecular flexibility index (Phi) is 4.28. The summed E-state index contributed by atoms with van der Waals surface area (Å²) in [6, 6.07) is 12.9. The topological polar surface area (TPSA) is 68.3 Å². The standard InChI is InChI=1S/C18H18N2O3/c1-3-15-19-12(2)17(23-15)18(21)20-16(14-10-7-11-22-14)13-8-5-4-6-9-13/h4-11,16H,3H2,1-2H3,(H,20,21). The number of benzene rings is 1. The third-order valence-electron chi connectivity index (χ3n) is 3.59. The summed E-state index contributed by atoms with van der Waals surface area (Å²) < 4.78 is 11.0. The molecular weight excluding hydrogens is 292 g/mol. The highest BCUT2D eigenvalue weighted by molar-refractivity contribution is 5.92. The Morgan fingerprint density at radius 2 is 2.00 bits per heavy atom. The van der Waals surface area contributed by atoms with E-state index in [-0.39, 0.29) is 17.7 Å². The number of rotatable bonds is 5. The SMILES string of the molecule is CCc1nc(C)c(C(=O)NC(c2ccccc2)c2ccco2)o1. The molecule has 1 N–H and O–H groups in total. The first-order chi connectivity index (χ1) is 11.2. The van der Waals surface area contributed by atoms with E-state index in [9.17, 15) is 4.79 Å². The lowest BCUT2D eigenvalue weighted by atomic mass is 10.0. The average Bonchev–Trinajstić information content (AvgIpc) is 3.22. The van der Waals surface area contributed by atoms with Crippen molar-refractivity contribution in [2.45, 2.75) is 26.3 Å². The van der Waals surface area contributed by atoms with Gasteiger partial charge in [0.1, 0.15) is 11.8 Å². The number of carbonyl (C=O) groups is 1. The second kappa shape index (κ2) is 6.52. The molecule has 1 amide bonds. The Bertz CT molecular complexity index is 776. The van der Waals surface area contributed by atoms with E-state index < -0.39 is 0 Å². The summed E-state index contributed by atoms with van der Waals surface area (Å²) in [5.74, 6) is 1.16. The number of amides is 1. The van der Waals surface area contributed by atoms with Gasteiger partial charge in [-0.05, 0) is 24.6 Å². The minimum atomic E-state index is -0.381. The molecule has 0 aliphatic rings. The molecule has 0 radical (unpaired) electrons. The molecule has 1 atom stereocenters. The Morgan fingerprint density at radius 3 is 2.61 bits per heavy atom. The summed E-state index contributed by atoms with van der Waals surface area (Å²) >= 11 is 0. The lowest BCUT2D eigenvalue weighted by Gasteiger charge is -2.16. The molecule has 0 spiro atoms. The van der Waals surface area contributed by atoms with Crippen LogP contribution >= 0.6 is 0 Å². The number of nitrogens with zero attached hydrogens (tertiary/aromatic N) is 1. The zero-order valence-corrected chi connectivity index (χ0v) is 13.1. The molecule has 3 rings (SSSR count). The van der Waals surface area contributed by atoms with E-state index >= 15 is 0 Å². The van der Waals surface area contributed by atoms with Gasteiger partial charge in [-0.1, -0.05) is 37.3 Å². The van der Waals surface area contributed by atoms with Crippen molar-refractivity contribution < 1.29 is 13.6 Å². The van der Waals surface area contributed by atoms with Crippen LogP contribution in [-0.4, -0.2) is 10.9 Å². The van der Waals surface area contributed by atoms with Crippen LogP contribution in [0.5, 0.6) is 0 Å². The van der Waals surface area contributed by atoms with Crippen molar-refractivity contribution in [3.8, 4) is 0 Å². The molecule has 0 saturated carbocycles. The van der Waals surface area contributed by atoms with Gasteiger partial charge in [0.2, 0.25) is 5.76 Å². The minimum absolute atomic E-state index is 0.245. The van der Waals surface area contributed by atoms with Crippen molar-refractivity contribution in [3.05, 3.63) is 77.4 Å². The molecule has 0 saturated heterocycles. The summed E-state index contributed by atoms with van der Waals surface area (Å²) in [7, 11) is 0. The van der Waals surface area contributed by atoms with Crippen LogP contribution in [0, 0.1) is 6.92 Å². The van der Waals surface area contributed by atoms with Crippen LogP contribution in [0.1, 0.15) is 46.4 Å². The summed E-state index contributed by atoms with van der Waals surface area (Å²) in [6.45, 7) is 3.70. The number of oxazole rings is 1. The minimum Gasteiger partial charge on any atom is -0.467 e. The van der Waals surface area contributed by atoms with Crippen molar-refractivity contribution in [2.24, 2.45) is 0 Å². The van der Waals surface area contributed by atoms with E-state index in [2.05, 4.69) is 10.3 Å². The number of nitrogens with one attached hydrogen (secondary N) is 1. The van der Waals surface area contributed by atoms with Gasteiger partial charge in [-0.25, -0.2) is 4.98 Å². The van der Waals surface area contributed by atoms with Gasteiger partial charge in [-0.15, -0.1) is 0 Å². The molecule has 0 fully saturated rings. The maximum atomic E-state index is 12.6. The molecule has 0 bridgehead atoms. The molecule has 3 aromatic rings. The van der Waals surface area contributed by atoms with Crippen LogP contribution in [0.2, 0.25) is 0 Å². The fourth-order valence-corrected chi connectivity index (χ4v) is 2.43. The lowest BCUT2D eigenvalue weighted by Crippen LogP contribution is -2.29. The summed E-state index contributed by atoms with van der Waals surface area (Å²) in [5.41, 5.74) is 1.52.